The topological polar surface area (TPSA) is 42.0 Å². The van der Waals surface area contributed by atoms with E-state index in [1.807, 2.05) is 35.2 Å². The highest BCUT2D eigenvalue weighted by Crippen LogP contribution is 2.26. The third-order valence-electron chi connectivity index (χ3n) is 4.40. The van der Waals surface area contributed by atoms with Crippen molar-refractivity contribution in [1.82, 2.24) is 10.3 Å². The molecular weight excluding hydrogens is 372 g/mol. The standard InChI is InChI=1S/C22H24N2OS2/c1-16-9-10-18(17(2)12-16)6-5-11-23-22(25)20-7-3-4-8-21(20)27-14-19-13-26-15-24-19/h3-4,7-10,12-13,15H,5-6,11,14H2,1-2H3,(H,23,25). The predicted octanol–water partition coefficient (Wildman–Crippen LogP) is 5.41. The van der Waals surface area contributed by atoms with Gasteiger partial charge in [-0.2, -0.15) is 0 Å². The first-order valence-corrected chi connectivity index (χ1v) is 11.0. The van der Waals surface area contributed by atoms with Crippen LogP contribution in [0.15, 0.2) is 58.3 Å². The monoisotopic (exact) mass is 396 g/mol. The summed E-state index contributed by atoms with van der Waals surface area (Å²) >= 11 is 3.25. The lowest BCUT2D eigenvalue weighted by Gasteiger charge is -2.10. The normalized spacial score (nSPS) is 10.7. The summed E-state index contributed by atoms with van der Waals surface area (Å²) in [5.74, 6) is 0.775. The lowest BCUT2D eigenvalue weighted by molar-refractivity contribution is 0.0950. The maximum atomic E-state index is 12.6. The Morgan fingerprint density at radius 2 is 2.04 bits per heavy atom. The van der Waals surface area contributed by atoms with E-state index in [2.05, 4.69) is 42.3 Å². The van der Waals surface area contributed by atoms with Crippen LogP contribution in [-0.2, 0) is 12.2 Å². The number of amides is 1. The molecule has 140 valence electrons. The van der Waals surface area contributed by atoms with Crippen LogP contribution in [0.3, 0.4) is 0 Å². The van der Waals surface area contributed by atoms with Gasteiger partial charge in [0.25, 0.3) is 5.91 Å². The van der Waals surface area contributed by atoms with E-state index >= 15 is 0 Å². The molecule has 2 aromatic carbocycles. The molecule has 0 aliphatic carbocycles. The number of thioether (sulfide) groups is 1. The number of hydrogen-bond acceptors (Lipinski definition) is 4. The van der Waals surface area contributed by atoms with Crippen molar-refractivity contribution in [3.8, 4) is 0 Å². The number of hydrogen-bond donors (Lipinski definition) is 1. The number of nitrogens with one attached hydrogen (secondary N) is 1. The predicted molar refractivity (Wildman–Crippen MR) is 115 cm³/mol. The molecule has 3 aromatic rings. The molecule has 0 unspecified atom stereocenters. The number of carbonyl (C=O) groups excluding carboxylic acids is 1. The Morgan fingerprint density at radius 3 is 2.81 bits per heavy atom. The zero-order valence-electron chi connectivity index (χ0n) is 15.7. The van der Waals surface area contributed by atoms with E-state index in [0.29, 0.717) is 6.54 Å². The van der Waals surface area contributed by atoms with Crippen molar-refractivity contribution < 1.29 is 4.79 Å². The molecule has 27 heavy (non-hydrogen) atoms. The molecule has 0 bridgehead atoms. The van der Waals surface area contributed by atoms with E-state index in [4.69, 9.17) is 0 Å². The minimum Gasteiger partial charge on any atom is -0.352 e. The second-order valence-electron chi connectivity index (χ2n) is 6.55. The van der Waals surface area contributed by atoms with Crippen LogP contribution in [0.1, 0.15) is 39.2 Å². The summed E-state index contributed by atoms with van der Waals surface area (Å²) in [5, 5.41) is 5.11. The summed E-state index contributed by atoms with van der Waals surface area (Å²) < 4.78 is 0. The highest BCUT2D eigenvalue weighted by Gasteiger charge is 2.11. The SMILES string of the molecule is Cc1ccc(CCCNC(=O)c2ccccc2SCc2cscn2)c(C)c1. The van der Waals surface area contributed by atoms with Gasteiger partial charge in [0.05, 0.1) is 16.8 Å². The lowest BCUT2D eigenvalue weighted by Crippen LogP contribution is -2.25. The third kappa shape index (κ3) is 5.68. The Hall–Kier alpha value is -2.11. The molecule has 0 fully saturated rings. The maximum Gasteiger partial charge on any atom is 0.252 e. The zero-order chi connectivity index (χ0) is 19.1. The fourth-order valence-electron chi connectivity index (χ4n) is 2.94. The number of rotatable bonds is 8. The quantitative estimate of drug-likeness (QED) is 0.409. The van der Waals surface area contributed by atoms with Crippen molar-refractivity contribution in [1.29, 1.82) is 0 Å². The van der Waals surface area contributed by atoms with Crippen LogP contribution in [0.5, 0.6) is 0 Å². The van der Waals surface area contributed by atoms with Crippen LogP contribution < -0.4 is 5.32 Å². The van der Waals surface area contributed by atoms with Gasteiger partial charge in [-0.3, -0.25) is 4.79 Å². The van der Waals surface area contributed by atoms with Gasteiger partial charge in [0.2, 0.25) is 0 Å². The summed E-state index contributed by atoms with van der Waals surface area (Å²) in [6.07, 6.45) is 1.91. The summed E-state index contributed by atoms with van der Waals surface area (Å²) in [7, 11) is 0. The molecule has 1 aromatic heterocycles. The first kappa shape index (κ1) is 19.6. The molecule has 0 saturated heterocycles. The Kier molecular flexibility index (Phi) is 7.07. The number of aryl methyl sites for hydroxylation is 3. The molecule has 3 rings (SSSR count). The smallest absolute Gasteiger partial charge is 0.252 e. The molecule has 0 saturated carbocycles. The highest BCUT2D eigenvalue weighted by atomic mass is 32.2. The summed E-state index contributed by atoms with van der Waals surface area (Å²) in [5.41, 5.74) is 7.60. The van der Waals surface area contributed by atoms with Gasteiger partial charge in [-0.05, 0) is 49.9 Å². The summed E-state index contributed by atoms with van der Waals surface area (Å²) in [6, 6.07) is 14.3. The first-order chi connectivity index (χ1) is 13.1. The molecule has 1 N–H and O–H groups in total. The van der Waals surface area contributed by atoms with E-state index < -0.39 is 0 Å². The Morgan fingerprint density at radius 1 is 1.19 bits per heavy atom. The van der Waals surface area contributed by atoms with Gasteiger partial charge in [0.15, 0.2) is 0 Å². The molecular formula is C22H24N2OS2. The molecule has 0 aliphatic rings. The van der Waals surface area contributed by atoms with Gasteiger partial charge in [0, 0.05) is 22.6 Å². The first-order valence-electron chi connectivity index (χ1n) is 9.06. The molecule has 3 nitrogen and oxygen atoms in total. The minimum absolute atomic E-state index is 0.00277. The van der Waals surface area contributed by atoms with Crippen molar-refractivity contribution in [3.05, 3.63) is 81.3 Å². The van der Waals surface area contributed by atoms with Gasteiger partial charge in [-0.1, -0.05) is 35.9 Å². The van der Waals surface area contributed by atoms with Gasteiger partial charge < -0.3 is 5.32 Å². The van der Waals surface area contributed by atoms with E-state index in [1.165, 1.54) is 16.7 Å². The largest absolute Gasteiger partial charge is 0.352 e. The van der Waals surface area contributed by atoms with Crippen LogP contribution >= 0.6 is 23.1 Å². The minimum atomic E-state index is -0.00277. The second-order valence-corrected chi connectivity index (χ2v) is 8.29. The molecule has 5 heteroatoms. The van der Waals surface area contributed by atoms with E-state index in [-0.39, 0.29) is 5.91 Å². The molecule has 1 heterocycles. The number of aromatic nitrogens is 1. The van der Waals surface area contributed by atoms with Crippen molar-refractivity contribution in [2.75, 3.05) is 6.54 Å². The highest BCUT2D eigenvalue weighted by molar-refractivity contribution is 7.98. The molecule has 0 radical (unpaired) electrons. The van der Waals surface area contributed by atoms with Crippen molar-refractivity contribution in [3.63, 3.8) is 0 Å². The summed E-state index contributed by atoms with van der Waals surface area (Å²) in [4.78, 5) is 17.9. The average molecular weight is 397 g/mol. The zero-order valence-corrected chi connectivity index (χ0v) is 17.3. The molecule has 0 spiro atoms. The van der Waals surface area contributed by atoms with Gasteiger partial charge >= 0.3 is 0 Å². The van der Waals surface area contributed by atoms with Gasteiger partial charge in [-0.15, -0.1) is 23.1 Å². The van der Waals surface area contributed by atoms with Gasteiger partial charge in [0.1, 0.15) is 0 Å². The second kappa shape index (κ2) is 9.72. The van der Waals surface area contributed by atoms with Crippen molar-refractivity contribution in [2.24, 2.45) is 0 Å². The number of nitrogens with zero attached hydrogens (tertiary/aromatic N) is 1. The van der Waals surface area contributed by atoms with E-state index in [1.54, 1.807) is 23.1 Å². The van der Waals surface area contributed by atoms with Crippen LogP contribution in [0.25, 0.3) is 0 Å². The Bertz CT molecular complexity index is 891. The maximum absolute atomic E-state index is 12.6. The fourth-order valence-corrected chi connectivity index (χ4v) is 4.56. The molecule has 0 atom stereocenters. The summed E-state index contributed by atoms with van der Waals surface area (Å²) in [6.45, 7) is 4.94. The van der Waals surface area contributed by atoms with Crippen LogP contribution in [0.2, 0.25) is 0 Å². The number of carbonyl (C=O) groups is 1. The molecule has 0 aliphatic heterocycles. The van der Waals surface area contributed by atoms with Crippen LogP contribution in [-0.4, -0.2) is 17.4 Å². The van der Waals surface area contributed by atoms with E-state index in [0.717, 1.165) is 34.7 Å². The Labute approximate surface area is 169 Å². The fraction of sp³-hybridized carbons (Fsp3) is 0.273. The lowest BCUT2D eigenvalue weighted by atomic mass is 10.0. The number of benzene rings is 2. The van der Waals surface area contributed by atoms with Crippen molar-refractivity contribution >= 4 is 29.0 Å². The van der Waals surface area contributed by atoms with Crippen LogP contribution in [0.4, 0.5) is 0 Å². The van der Waals surface area contributed by atoms with Gasteiger partial charge in [-0.25, -0.2) is 4.98 Å². The Balaban J connectivity index is 1.52. The van der Waals surface area contributed by atoms with Crippen LogP contribution in [0, 0.1) is 13.8 Å². The van der Waals surface area contributed by atoms with E-state index in [9.17, 15) is 4.79 Å². The molecule has 1 amide bonds. The average Bonchev–Trinajstić information content (AvgIpc) is 3.18. The third-order valence-corrected chi connectivity index (χ3v) is 6.14. The van der Waals surface area contributed by atoms with Crippen molar-refractivity contribution in [2.45, 2.75) is 37.3 Å². The number of thiazole rings is 1.